The van der Waals surface area contributed by atoms with Gasteiger partial charge in [0.15, 0.2) is 0 Å². The number of para-hydroxylation sites is 2. The van der Waals surface area contributed by atoms with Crippen LogP contribution in [0.2, 0.25) is 0 Å². The molecule has 4 nitrogen and oxygen atoms in total. The molecule has 2 atom stereocenters. The first-order valence-electron chi connectivity index (χ1n) is 9.83. The Hall–Kier alpha value is -3.37. The van der Waals surface area contributed by atoms with Crippen LogP contribution in [0.4, 0.5) is 0 Å². The van der Waals surface area contributed by atoms with Crippen LogP contribution in [0.5, 0.6) is 5.75 Å². The normalized spacial score (nSPS) is 13.1. The smallest absolute Gasteiger partial charge is 0.328 e. The number of aromatic nitrogens is 1. The summed E-state index contributed by atoms with van der Waals surface area (Å²) in [4.78, 5) is 16.0. The Morgan fingerprint density at radius 2 is 1.59 bits per heavy atom. The van der Waals surface area contributed by atoms with Gasteiger partial charge in [0.25, 0.3) is 0 Å². The number of carbonyl (C=O) groups excluding carboxylic acids is 1. The fraction of sp³-hybridized carbons (Fsp3) is 0.160. The lowest BCUT2D eigenvalue weighted by molar-refractivity contribution is -0.136. The molecule has 0 saturated heterocycles. The number of H-pyrrole nitrogens is 1. The van der Waals surface area contributed by atoms with Crippen LogP contribution in [0, 0.1) is 0 Å². The van der Waals surface area contributed by atoms with Crippen LogP contribution in [0.3, 0.4) is 0 Å². The van der Waals surface area contributed by atoms with E-state index in [1.807, 2.05) is 61.7 Å². The van der Waals surface area contributed by atoms with E-state index in [1.165, 1.54) is 5.56 Å². The number of fused-ring (bicyclic) bond motifs is 1. The SMILES string of the molecule is C[C@@H](NC(Cc1ccccc1)c1c[nH]c2ccccc12)C(=O)Oc1ccccc1. The zero-order valence-corrected chi connectivity index (χ0v) is 16.3. The van der Waals surface area contributed by atoms with Gasteiger partial charge in [-0.1, -0.05) is 66.7 Å². The summed E-state index contributed by atoms with van der Waals surface area (Å²) >= 11 is 0. The van der Waals surface area contributed by atoms with Crippen LogP contribution >= 0.6 is 0 Å². The van der Waals surface area contributed by atoms with Crippen LogP contribution in [0.25, 0.3) is 10.9 Å². The first-order valence-corrected chi connectivity index (χ1v) is 9.83. The van der Waals surface area contributed by atoms with E-state index in [2.05, 4.69) is 34.6 Å². The Morgan fingerprint density at radius 3 is 2.34 bits per heavy atom. The molecule has 0 bridgehead atoms. The molecule has 0 aliphatic heterocycles. The van der Waals surface area contributed by atoms with Gasteiger partial charge in [-0.15, -0.1) is 0 Å². The van der Waals surface area contributed by atoms with E-state index in [0.29, 0.717) is 5.75 Å². The summed E-state index contributed by atoms with van der Waals surface area (Å²) in [6.07, 6.45) is 2.80. The summed E-state index contributed by atoms with van der Waals surface area (Å²) in [5.74, 6) is 0.256. The number of nitrogens with one attached hydrogen (secondary N) is 2. The second-order valence-corrected chi connectivity index (χ2v) is 7.15. The Labute approximate surface area is 170 Å². The number of carbonyl (C=O) groups is 1. The third kappa shape index (κ3) is 4.55. The lowest BCUT2D eigenvalue weighted by Crippen LogP contribution is -2.40. The van der Waals surface area contributed by atoms with Gasteiger partial charge >= 0.3 is 5.97 Å². The molecule has 0 amide bonds. The fourth-order valence-electron chi connectivity index (χ4n) is 3.55. The molecule has 0 aliphatic carbocycles. The largest absolute Gasteiger partial charge is 0.425 e. The van der Waals surface area contributed by atoms with Crippen molar-refractivity contribution in [3.8, 4) is 5.75 Å². The molecule has 2 N–H and O–H groups in total. The van der Waals surface area contributed by atoms with Crippen molar-refractivity contribution in [2.75, 3.05) is 0 Å². The Bertz CT molecular complexity index is 1070. The maximum Gasteiger partial charge on any atom is 0.328 e. The number of benzene rings is 3. The first-order chi connectivity index (χ1) is 14.2. The zero-order valence-electron chi connectivity index (χ0n) is 16.3. The highest BCUT2D eigenvalue weighted by molar-refractivity contribution is 5.84. The van der Waals surface area contributed by atoms with Crippen LogP contribution < -0.4 is 10.1 Å². The number of aromatic amines is 1. The van der Waals surface area contributed by atoms with E-state index in [0.717, 1.165) is 22.9 Å². The third-order valence-corrected chi connectivity index (χ3v) is 5.05. The fourth-order valence-corrected chi connectivity index (χ4v) is 3.55. The summed E-state index contributed by atoms with van der Waals surface area (Å²) in [5, 5.41) is 4.64. The predicted octanol–water partition coefficient (Wildman–Crippen LogP) is 5.04. The summed E-state index contributed by atoms with van der Waals surface area (Å²) in [6.45, 7) is 1.85. The van der Waals surface area contributed by atoms with Gasteiger partial charge < -0.3 is 9.72 Å². The van der Waals surface area contributed by atoms with Gasteiger partial charge in [0.2, 0.25) is 0 Å². The highest BCUT2D eigenvalue weighted by atomic mass is 16.5. The monoisotopic (exact) mass is 384 g/mol. The molecule has 146 valence electrons. The van der Waals surface area contributed by atoms with Crippen molar-refractivity contribution in [2.45, 2.75) is 25.4 Å². The molecule has 4 aromatic rings. The minimum atomic E-state index is -0.461. The number of esters is 1. The molecule has 1 heterocycles. The maximum absolute atomic E-state index is 12.6. The van der Waals surface area contributed by atoms with Crippen molar-refractivity contribution in [2.24, 2.45) is 0 Å². The van der Waals surface area contributed by atoms with E-state index in [4.69, 9.17) is 4.74 Å². The van der Waals surface area contributed by atoms with Gasteiger partial charge in [-0.3, -0.25) is 5.32 Å². The molecule has 0 saturated carbocycles. The average molecular weight is 384 g/mol. The summed E-state index contributed by atoms with van der Waals surface area (Å²) in [6, 6.07) is 27.2. The highest BCUT2D eigenvalue weighted by Gasteiger charge is 2.23. The van der Waals surface area contributed by atoms with E-state index in [9.17, 15) is 4.79 Å². The molecular formula is C25H24N2O2. The topological polar surface area (TPSA) is 54.1 Å². The first kappa shape index (κ1) is 19.0. The van der Waals surface area contributed by atoms with E-state index >= 15 is 0 Å². The lowest BCUT2D eigenvalue weighted by atomic mass is 9.97. The van der Waals surface area contributed by atoms with Crippen LogP contribution in [0.15, 0.2) is 91.1 Å². The molecular weight excluding hydrogens is 360 g/mol. The van der Waals surface area contributed by atoms with Crippen molar-refractivity contribution in [1.82, 2.24) is 10.3 Å². The van der Waals surface area contributed by atoms with Crippen molar-refractivity contribution in [1.29, 1.82) is 0 Å². The number of rotatable bonds is 7. The molecule has 3 aromatic carbocycles. The van der Waals surface area contributed by atoms with Crippen molar-refractivity contribution in [3.05, 3.63) is 102 Å². The standard InChI is InChI=1S/C25H24N2O2/c1-18(25(28)29-20-12-6-3-7-13-20)27-24(16-19-10-4-2-5-11-19)22-17-26-23-15-9-8-14-21(22)23/h2-15,17-18,24,26-27H,16H2,1H3/t18-,24?/m1/s1. The minimum absolute atomic E-state index is 0.0353. The molecule has 1 unspecified atom stereocenters. The van der Waals surface area contributed by atoms with Gasteiger partial charge in [0.1, 0.15) is 11.8 Å². The third-order valence-electron chi connectivity index (χ3n) is 5.05. The molecule has 0 radical (unpaired) electrons. The Kier molecular flexibility index (Phi) is 5.73. The van der Waals surface area contributed by atoms with Crippen molar-refractivity contribution in [3.63, 3.8) is 0 Å². The van der Waals surface area contributed by atoms with Crippen molar-refractivity contribution < 1.29 is 9.53 Å². The Balaban J connectivity index is 1.57. The van der Waals surface area contributed by atoms with E-state index in [-0.39, 0.29) is 12.0 Å². The van der Waals surface area contributed by atoms with Gasteiger partial charge in [-0.25, -0.2) is 4.79 Å². The van der Waals surface area contributed by atoms with Gasteiger partial charge in [0, 0.05) is 23.1 Å². The minimum Gasteiger partial charge on any atom is -0.425 e. The summed E-state index contributed by atoms with van der Waals surface area (Å²) in [5.41, 5.74) is 3.43. The zero-order chi connectivity index (χ0) is 20.1. The molecule has 4 rings (SSSR count). The molecule has 0 fully saturated rings. The van der Waals surface area contributed by atoms with E-state index < -0.39 is 6.04 Å². The number of hydrogen-bond acceptors (Lipinski definition) is 3. The van der Waals surface area contributed by atoms with Gasteiger partial charge in [0.05, 0.1) is 0 Å². The highest BCUT2D eigenvalue weighted by Crippen LogP contribution is 2.27. The summed E-state index contributed by atoms with van der Waals surface area (Å²) in [7, 11) is 0. The quantitative estimate of drug-likeness (QED) is 0.347. The molecule has 0 spiro atoms. The van der Waals surface area contributed by atoms with E-state index in [1.54, 1.807) is 12.1 Å². The summed E-state index contributed by atoms with van der Waals surface area (Å²) < 4.78 is 5.52. The molecule has 1 aromatic heterocycles. The second kappa shape index (κ2) is 8.76. The maximum atomic E-state index is 12.6. The Morgan fingerprint density at radius 1 is 0.931 bits per heavy atom. The van der Waals surface area contributed by atoms with Crippen LogP contribution in [-0.2, 0) is 11.2 Å². The number of hydrogen-bond donors (Lipinski definition) is 2. The van der Waals surface area contributed by atoms with Gasteiger partial charge in [-0.2, -0.15) is 0 Å². The van der Waals surface area contributed by atoms with Gasteiger partial charge in [-0.05, 0) is 42.7 Å². The molecule has 0 aliphatic rings. The molecule has 29 heavy (non-hydrogen) atoms. The average Bonchev–Trinajstić information content (AvgIpc) is 3.19. The lowest BCUT2D eigenvalue weighted by Gasteiger charge is -2.23. The predicted molar refractivity (Wildman–Crippen MR) is 116 cm³/mol. The van der Waals surface area contributed by atoms with Crippen LogP contribution in [0.1, 0.15) is 24.1 Å². The van der Waals surface area contributed by atoms with Crippen LogP contribution in [-0.4, -0.2) is 17.0 Å². The second-order valence-electron chi connectivity index (χ2n) is 7.15. The van der Waals surface area contributed by atoms with Crippen molar-refractivity contribution >= 4 is 16.9 Å². The molecule has 4 heteroatoms. The number of ether oxygens (including phenoxy) is 1.